The molecule has 2 aromatic carbocycles. The lowest BCUT2D eigenvalue weighted by Crippen LogP contribution is -2.20. The van der Waals surface area contributed by atoms with E-state index in [9.17, 15) is 0 Å². The van der Waals surface area contributed by atoms with E-state index >= 15 is 0 Å². The summed E-state index contributed by atoms with van der Waals surface area (Å²) in [5.74, 6) is 0.630. The average Bonchev–Trinajstić information content (AvgIpc) is 2.50. The van der Waals surface area contributed by atoms with Crippen LogP contribution in [0.15, 0.2) is 42.5 Å². The predicted molar refractivity (Wildman–Crippen MR) is 95.7 cm³/mol. The van der Waals surface area contributed by atoms with E-state index in [1.807, 2.05) is 18.2 Å². The summed E-state index contributed by atoms with van der Waals surface area (Å²) in [5.41, 5.74) is 18.0. The Hall–Kier alpha value is -1.96. The number of benzene rings is 2. The van der Waals surface area contributed by atoms with Gasteiger partial charge in [0.2, 0.25) is 0 Å². The first kappa shape index (κ1) is 15.0. The van der Waals surface area contributed by atoms with Crippen LogP contribution in [0.25, 0.3) is 11.1 Å². The molecule has 0 atom stereocenters. The standard InChI is InChI=1S/C20H26N2/c1-20(2)11-9-14(10-12-20)16-5-3-4-6-17(16)18-13-15(21)7-8-19(18)22/h3-8,13-14H,9-12,21-22H2,1-2H3. The molecule has 116 valence electrons. The molecule has 0 heterocycles. The molecule has 2 heteroatoms. The molecule has 3 rings (SSSR count). The van der Waals surface area contributed by atoms with Gasteiger partial charge in [0.15, 0.2) is 0 Å². The number of rotatable bonds is 2. The maximum atomic E-state index is 6.21. The van der Waals surface area contributed by atoms with Crippen molar-refractivity contribution < 1.29 is 0 Å². The van der Waals surface area contributed by atoms with E-state index in [0.29, 0.717) is 11.3 Å². The largest absolute Gasteiger partial charge is 0.399 e. The summed E-state index contributed by atoms with van der Waals surface area (Å²) in [6.45, 7) is 4.76. The van der Waals surface area contributed by atoms with Crippen LogP contribution in [-0.2, 0) is 0 Å². The van der Waals surface area contributed by atoms with Crippen molar-refractivity contribution >= 4 is 11.4 Å². The van der Waals surface area contributed by atoms with Crippen LogP contribution < -0.4 is 11.5 Å². The van der Waals surface area contributed by atoms with Gasteiger partial charge < -0.3 is 11.5 Å². The van der Waals surface area contributed by atoms with Gasteiger partial charge in [-0.25, -0.2) is 0 Å². The van der Waals surface area contributed by atoms with Crippen molar-refractivity contribution in [3.8, 4) is 11.1 Å². The first-order valence-corrected chi connectivity index (χ1v) is 8.21. The minimum absolute atomic E-state index is 0.488. The Balaban J connectivity index is 1.99. The molecule has 0 aromatic heterocycles. The molecule has 2 aromatic rings. The monoisotopic (exact) mass is 294 g/mol. The normalized spacial score (nSPS) is 18.3. The molecule has 0 radical (unpaired) electrons. The average molecular weight is 294 g/mol. The van der Waals surface area contributed by atoms with E-state index in [4.69, 9.17) is 11.5 Å². The van der Waals surface area contributed by atoms with Gasteiger partial charge in [0.1, 0.15) is 0 Å². The van der Waals surface area contributed by atoms with E-state index in [1.165, 1.54) is 36.8 Å². The molecule has 0 amide bonds. The maximum absolute atomic E-state index is 6.21. The molecule has 1 fully saturated rings. The van der Waals surface area contributed by atoms with Gasteiger partial charge in [-0.1, -0.05) is 38.1 Å². The Morgan fingerprint density at radius 2 is 1.59 bits per heavy atom. The van der Waals surface area contributed by atoms with Gasteiger partial charge in [-0.2, -0.15) is 0 Å². The van der Waals surface area contributed by atoms with E-state index in [-0.39, 0.29) is 0 Å². The summed E-state index contributed by atoms with van der Waals surface area (Å²) < 4.78 is 0. The highest BCUT2D eigenvalue weighted by molar-refractivity contribution is 5.81. The number of hydrogen-bond donors (Lipinski definition) is 2. The van der Waals surface area contributed by atoms with Crippen molar-refractivity contribution in [2.45, 2.75) is 45.4 Å². The first-order valence-electron chi connectivity index (χ1n) is 8.21. The lowest BCUT2D eigenvalue weighted by atomic mass is 9.70. The van der Waals surface area contributed by atoms with Crippen LogP contribution in [0, 0.1) is 5.41 Å². The van der Waals surface area contributed by atoms with E-state index < -0.39 is 0 Å². The van der Waals surface area contributed by atoms with Gasteiger partial charge in [0.25, 0.3) is 0 Å². The molecule has 0 spiro atoms. The zero-order chi connectivity index (χ0) is 15.7. The second-order valence-corrected chi connectivity index (χ2v) is 7.37. The van der Waals surface area contributed by atoms with Crippen molar-refractivity contribution in [2.24, 2.45) is 5.41 Å². The third kappa shape index (κ3) is 2.96. The Kier molecular flexibility index (Phi) is 3.86. The lowest BCUT2D eigenvalue weighted by Gasteiger charge is -2.35. The zero-order valence-corrected chi connectivity index (χ0v) is 13.6. The summed E-state index contributed by atoms with van der Waals surface area (Å²) in [5, 5.41) is 0. The fourth-order valence-corrected chi connectivity index (χ4v) is 3.62. The molecule has 22 heavy (non-hydrogen) atoms. The number of hydrogen-bond acceptors (Lipinski definition) is 2. The Morgan fingerprint density at radius 1 is 0.909 bits per heavy atom. The molecular formula is C20H26N2. The van der Waals surface area contributed by atoms with E-state index in [0.717, 1.165) is 16.9 Å². The van der Waals surface area contributed by atoms with Crippen LogP contribution >= 0.6 is 0 Å². The number of anilines is 2. The summed E-state index contributed by atoms with van der Waals surface area (Å²) in [4.78, 5) is 0. The highest BCUT2D eigenvalue weighted by atomic mass is 14.6. The molecule has 1 aliphatic carbocycles. The Morgan fingerprint density at radius 3 is 2.32 bits per heavy atom. The van der Waals surface area contributed by atoms with Crippen molar-refractivity contribution in [3.05, 3.63) is 48.0 Å². The van der Waals surface area contributed by atoms with E-state index in [1.54, 1.807) is 0 Å². The third-order valence-electron chi connectivity index (χ3n) is 5.11. The van der Waals surface area contributed by atoms with Crippen LogP contribution in [0.2, 0.25) is 0 Å². The van der Waals surface area contributed by atoms with Crippen LogP contribution in [0.1, 0.15) is 51.0 Å². The molecule has 0 unspecified atom stereocenters. The molecule has 2 nitrogen and oxygen atoms in total. The second kappa shape index (κ2) is 5.68. The van der Waals surface area contributed by atoms with Crippen molar-refractivity contribution in [1.82, 2.24) is 0 Å². The topological polar surface area (TPSA) is 52.0 Å². The Labute approximate surface area is 133 Å². The van der Waals surface area contributed by atoms with Gasteiger partial charge in [-0.05, 0) is 66.3 Å². The number of nitrogens with two attached hydrogens (primary N) is 2. The Bertz CT molecular complexity index is 663. The fourth-order valence-electron chi connectivity index (χ4n) is 3.62. The zero-order valence-electron chi connectivity index (χ0n) is 13.6. The highest BCUT2D eigenvalue weighted by Crippen LogP contribution is 2.45. The summed E-state index contributed by atoms with van der Waals surface area (Å²) >= 11 is 0. The van der Waals surface area contributed by atoms with Gasteiger partial charge in [0.05, 0.1) is 0 Å². The minimum atomic E-state index is 0.488. The molecule has 1 aliphatic rings. The van der Waals surface area contributed by atoms with Crippen LogP contribution in [0.5, 0.6) is 0 Å². The smallest absolute Gasteiger partial charge is 0.0395 e. The minimum Gasteiger partial charge on any atom is -0.399 e. The van der Waals surface area contributed by atoms with Crippen LogP contribution in [-0.4, -0.2) is 0 Å². The van der Waals surface area contributed by atoms with Crippen molar-refractivity contribution in [1.29, 1.82) is 0 Å². The maximum Gasteiger partial charge on any atom is 0.0395 e. The summed E-state index contributed by atoms with van der Waals surface area (Å²) in [6, 6.07) is 14.5. The number of nitrogen functional groups attached to an aromatic ring is 2. The summed E-state index contributed by atoms with van der Waals surface area (Å²) in [7, 11) is 0. The third-order valence-corrected chi connectivity index (χ3v) is 5.11. The molecule has 1 saturated carbocycles. The molecule has 0 saturated heterocycles. The quantitative estimate of drug-likeness (QED) is 0.748. The van der Waals surface area contributed by atoms with Crippen molar-refractivity contribution in [2.75, 3.05) is 11.5 Å². The molecule has 4 N–H and O–H groups in total. The van der Waals surface area contributed by atoms with E-state index in [2.05, 4.69) is 38.1 Å². The molecular weight excluding hydrogens is 268 g/mol. The van der Waals surface area contributed by atoms with Gasteiger partial charge in [-0.15, -0.1) is 0 Å². The lowest BCUT2D eigenvalue weighted by molar-refractivity contribution is 0.224. The van der Waals surface area contributed by atoms with Crippen LogP contribution in [0.3, 0.4) is 0 Å². The molecule has 0 aliphatic heterocycles. The van der Waals surface area contributed by atoms with Gasteiger partial charge in [0, 0.05) is 16.9 Å². The second-order valence-electron chi connectivity index (χ2n) is 7.37. The van der Waals surface area contributed by atoms with Gasteiger partial charge in [-0.3, -0.25) is 0 Å². The summed E-state index contributed by atoms with van der Waals surface area (Å²) in [6.07, 6.45) is 5.09. The van der Waals surface area contributed by atoms with Crippen LogP contribution in [0.4, 0.5) is 11.4 Å². The van der Waals surface area contributed by atoms with Gasteiger partial charge >= 0.3 is 0 Å². The SMILES string of the molecule is CC1(C)CCC(c2ccccc2-c2cc(N)ccc2N)CC1. The van der Waals surface area contributed by atoms with Crippen molar-refractivity contribution in [3.63, 3.8) is 0 Å². The fraction of sp³-hybridized carbons (Fsp3) is 0.400. The molecule has 0 bridgehead atoms. The predicted octanol–water partition coefficient (Wildman–Crippen LogP) is 5.20. The first-order chi connectivity index (χ1) is 10.5. The highest BCUT2D eigenvalue weighted by Gasteiger charge is 2.28.